The van der Waals surface area contributed by atoms with Crippen LogP contribution in [0.2, 0.25) is 0 Å². The third-order valence-electron chi connectivity index (χ3n) is 8.96. The van der Waals surface area contributed by atoms with Crippen molar-refractivity contribution < 1.29 is 19.8 Å². The molecule has 27 heavy (non-hydrogen) atoms. The Balaban J connectivity index is 1.80. The predicted molar refractivity (Wildman–Crippen MR) is 106 cm³/mol. The molecule has 0 aromatic heterocycles. The zero-order chi connectivity index (χ0) is 19.6. The van der Waals surface area contributed by atoms with Crippen molar-refractivity contribution in [1.29, 1.82) is 0 Å². The first-order chi connectivity index (χ1) is 12.7. The maximum Gasteiger partial charge on any atom is 0.161 e. The van der Waals surface area contributed by atoms with Gasteiger partial charge in [-0.1, -0.05) is 19.4 Å². The zero-order valence-electron chi connectivity index (χ0n) is 16.7. The highest BCUT2D eigenvalue weighted by Gasteiger charge is 2.69. The second-order valence-corrected chi connectivity index (χ2v) is 10.8. The lowest BCUT2D eigenvalue weighted by Crippen LogP contribution is -2.67. The number of carbonyl (C=O) groups excluding carboxylic acids is 2. The lowest BCUT2D eigenvalue weighted by atomic mass is 9.45. The van der Waals surface area contributed by atoms with Crippen molar-refractivity contribution in [3.63, 3.8) is 0 Å². The molecule has 4 aliphatic rings. The van der Waals surface area contributed by atoms with Crippen LogP contribution in [0, 0.1) is 28.6 Å². The minimum absolute atomic E-state index is 0.0604. The molecule has 0 aromatic rings. The number of thioether (sulfide) groups is 1. The van der Waals surface area contributed by atoms with Gasteiger partial charge in [-0.15, -0.1) is 0 Å². The zero-order valence-corrected chi connectivity index (χ0v) is 17.5. The molecule has 4 aliphatic carbocycles. The van der Waals surface area contributed by atoms with E-state index in [1.54, 1.807) is 11.8 Å². The smallest absolute Gasteiger partial charge is 0.161 e. The quantitative estimate of drug-likeness (QED) is 0.772. The lowest BCUT2D eigenvalue weighted by molar-refractivity contribution is -0.139. The monoisotopic (exact) mass is 392 g/mol. The second kappa shape index (κ2) is 6.43. The van der Waals surface area contributed by atoms with Crippen molar-refractivity contribution in [2.24, 2.45) is 28.6 Å². The Morgan fingerprint density at radius 2 is 1.96 bits per heavy atom. The molecule has 0 unspecified atom stereocenters. The van der Waals surface area contributed by atoms with Crippen LogP contribution in [0.4, 0.5) is 0 Å². The van der Waals surface area contributed by atoms with Gasteiger partial charge < -0.3 is 10.2 Å². The van der Waals surface area contributed by atoms with Gasteiger partial charge in [0.05, 0.1) is 10.9 Å². The van der Waals surface area contributed by atoms with E-state index in [1.165, 1.54) is 5.57 Å². The van der Waals surface area contributed by atoms with Crippen LogP contribution in [0.1, 0.15) is 58.8 Å². The molecule has 7 atom stereocenters. The van der Waals surface area contributed by atoms with Gasteiger partial charge in [0.1, 0.15) is 6.61 Å². The number of carbonyl (C=O) groups is 2. The van der Waals surface area contributed by atoms with Crippen LogP contribution in [-0.2, 0) is 9.59 Å². The van der Waals surface area contributed by atoms with E-state index in [-0.39, 0.29) is 33.1 Å². The van der Waals surface area contributed by atoms with E-state index in [2.05, 4.69) is 20.1 Å². The second-order valence-electron chi connectivity index (χ2n) is 9.70. The molecule has 0 amide bonds. The van der Waals surface area contributed by atoms with Crippen molar-refractivity contribution in [2.75, 3.05) is 12.9 Å². The van der Waals surface area contributed by atoms with Gasteiger partial charge in [0.15, 0.2) is 11.6 Å². The maximum atomic E-state index is 12.4. The number of allylic oxidation sites excluding steroid dienone is 1. The molecular weight excluding hydrogens is 360 g/mol. The molecule has 0 bridgehead atoms. The normalized spacial score (nSPS) is 49.1. The molecule has 4 rings (SSSR count). The van der Waals surface area contributed by atoms with Crippen LogP contribution in [0.3, 0.4) is 0 Å². The van der Waals surface area contributed by atoms with Gasteiger partial charge in [-0.05, 0) is 68.1 Å². The fourth-order valence-electron chi connectivity index (χ4n) is 7.74. The summed E-state index contributed by atoms with van der Waals surface area (Å²) in [6.45, 7) is 4.05. The summed E-state index contributed by atoms with van der Waals surface area (Å²) in [5, 5.41) is 21.1. The molecule has 3 saturated carbocycles. The number of fused-ring (bicyclic) bond motifs is 5. The van der Waals surface area contributed by atoms with Crippen molar-refractivity contribution in [1.82, 2.24) is 0 Å². The number of hydrogen-bond donors (Lipinski definition) is 2. The molecular formula is C22H32O4S. The summed E-state index contributed by atoms with van der Waals surface area (Å²) in [6, 6.07) is 0. The van der Waals surface area contributed by atoms with E-state index in [0.29, 0.717) is 24.7 Å². The summed E-state index contributed by atoms with van der Waals surface area (Å²) < 4.78 is -0.293. The third kappa shape index (κ3) is 2.37. The topological polar surface area (TPSA) is 74.6 Å². The minimum atomic E-state index is -0.507. The van der Waals surface area contributed by atoms with E-state index < -0.39 is 12.7 Å². The summed E-state index contributed by atoms with van der Waals surface area (Å²) in [5.74, 6) is 0.758. The summed E-state index contributed by atoms with van der Waals surface area (Å²) in [6.07, 6.45) is 9.20. The van der Waals surface area contributed by atoms with Crippen LogP contribution in [0.5, 0.6) is 0 Å². The van der Waals surface area contributed by atoms with Crippen molar-refractivity contribution >= 4 is 23.3 Å². The first-order valence-electron chi connectivity index (χ1n) is 10.3. The maximum absolute atomic E-state index is 12.4. The highest BCUT2D eigenvalue weighted by atomic mass is 32.2. The Morgan fingerprint density at radius 1 is 1.22 bits per heavy atom. The Hall–Kier alpha value is -0.650. The molecule has 0 aromatic carbocycles. The fourth-order valence-corrected chi connectivity index (χ4v) is 9.37. The van der Waals surface area contributed by atoms with Crippen molar-refractivity contribution in [3.8, 4) is 0 Å². The molecule has 5 heteroatoms. The van der Waals surface area contributed by atoms with Gasteiger partial charge in [0.25, 0.3) is 0 Å². The molecule has 150 valence electrons. The number of ketones is 2. The summed E-state index contributed by atoms with van der Waals surface area (Å²) >= 11 is 1.80. The standard InChI is InChI=1S/C22H32O4S/c1-20-11-19(26)22(27-3)16(15(20)6-7-17(20)18(25)12-23)5-4-13-10-14(24)8-9-21(13,22)2/h10,15-17,19,23,26H,4-9,11-12H2,1-3H3/t15-,16-,17+,19-,20-,21-,22-/m0/s1. The Bertz CT molecular complexity index is 702. The Labute approximate surface area is 166 Å². The van der Waals surface area contributed by atoms with Crippen molar-refractivity contribution in [3.05, 3.63) is 11.6 Å². The van der Waals surface area contributed by atoms with Crippen LogP contribution in [0.15, 0.2) is 11.6 Å². The van der Waals surface area contributed by atoms with Gasteiger partial charge in [-0.2, -0.15) is 11.8 Å². The molecule has 0 heterocycles. The summed E-state index contributed by atoms with van der Waals surface area (Å²) in [7, 11) is 0. The van der Waals surface area contributed by atoms with Gasteiger partial charge in [-0.25, -0.2) is 0 Å². The summed E-state index contributed by atoms with van der Waals surface area (Å²) in [5.41, 5.74) is 0.835. The number of rotatable bonds is 3. The Morgan fingerprint density at radius 3 is 2.63 bits per heavy atom. The van der Waals surface area contributed by atoms with Crippen LogP contribution in [-0.4, -0.2) is 45.5 Å². The van der Waals surface area contributed by atoms with Gasteiger partial charge in [0.2, 0.25) is 0 Å². The number of aliphatic hydroxyl groups excluding tert-OH is 2. The van der Waals surface area contributed by atoms with Crippen molar-refractivity contribution in [2.45, 2.75) is 69.6 Å². The van der Waals surface area contributed by atoms with E-state index in [9.17, 15) is 19.8 Å². The number of aliphatic hydroxyl groups is 2. The molecule has 3 fully saturated rings. The first-order valence-corrected chi connectivity index (χ1v) is 11.6. The average molecular weight is 393 g/mol. The SMILES string of the molecule is CS[C@]12[C@@H](O)C[C@]3(C)[C@@H](C(=O)CO)CC[C@H]3[C@@H]1CCC1=CC(=O)CC[C@@]12C. The van der Waals surface area contributed by atoms with E-state index in [4.69, 9.17) is 0 Å². The highest BCUT2D eigenvalue weighted by Crippen LogP contribution is 2.71. The van der Waals surface area contributed by atoms with Gasteiger partial charge in [0, 0.05) is 17.8 Å². The van der Waals surface area contributed by atoms with E-state index >= 15 is 0 Å². The van der Waals surface area contributed by atoms with Gasteiger partial charge in [-0.3, -0.25) is 9.59 Å². The molecule has 0 saturated heterocycles. The Kier molecular flexibility index (Phi) is 4.68. The number of Topliss-reactive ketones (excluding diaryl/α,β-unsaturated/α-hetero) is 1. The van der Waals surface area contributed by atoms with Crippen LogP contribution < -0.4 is 0 Å². The lowest BCUT2D eigenvalue weighted by Gasteiger charge is -2.66. The molecule has 2 N–H and O–H groups in total. The van der Waals surface area contributed by atoms with E-state index in [0.717, 1.165) is 32.1 Å². The van der Waals surface area contributed by atoms with Crippen LogP contribution in [0.25, 0.3) is 0 Å². The van der Waals surface area contributed by atoms with Crippen LogP contribution >= 0.6 is 11.8 Å². The van der Waals surface area contributed by atoms with Gasteiger partial charge >= 0.3 is 0 Å². The molecule has 0 radical (unpaired) electrons. The predicted octanol–water partition coefficient (Wildman–Crippen LogP) is 3.15. The molecule has 0 aliphatic heterocycles. The fraction of sp³-hybridized carbons (Fsp3) is 0.818. The largest absolute Gasteiger partial charge is 0.392 e. The van der Waals surface area contributed by atoms with E-state index in [1.807, 2.05) is 6.08 Å². The minimum Gasteiger partial charge on any atom is -0.392 e. The average Bonchev–Trinajstić information content (AvgIpc) is 2.97. The number of hydrogen-bond acceptors (Lipinski definition) is 5. The molecule has 4 nitrogen and oxygen atoms in total. The summed E-state index contributed by atoms with van der Waals surface area (Å²) in [4.78, 5) is 24.5. The highest BCUT2D eigenvalue weighted by molar-refractivity contribution is 8.00. The first kappa shape index (κ1) is 19.7. The third-order valence-corrected chi connectivity index (χ3v) is 10.7. The molecule has 0 spiro atoms.